The Morgan fingerprint density at radius 3 is 2.91 bits per heavy atom. The Morgan fingerprint density at radius 1 is 1.64 bits per heavy atom. The minimum Gasteiger partial charge on any atom is -0.317 e. The Labute approximate surface area is 71.4 Å². The number of hydrogen-bond acceptors (Lipinski definition) is 2. The Bertz CT molecular complexity index is 240. The van der Waals surface area contributed by atoms with Gasteiger partial charge < -0.3 is 5.43 Å². The van der Waals surface area contributed by atoms with Crippen LogP contribution in [-0.2, 0) is 0 Å². The molecule has 0 saturated carbocycles. The van der Waals surface area contributed by atoms with Gasteiger partial charge in [0.15, 0.2) is 0 Å². The number of rotatable bonds is 1. The molecule has 1 rings (SSSR count). The predicted octanol–water partition coefficient (Wildman–Crippen LogP) is 1.08. The van der Waals surface area contributed by atoms with Crippen molar-refractivity contribution in [3.8, 4) is 0 Å². The van der Waals surface area contributed by atoms with Gasteiger partial charge in [-0.05, 0) is 5.57 Å². The van der Waals surface area contributed by atoms with Gasteiger partial charge in [0.25, 0.3) is 0 Å². The molecule has 0 aliphatic heterocycles. The van der Waals surface area contributed by atoms with E-state index in [1.54, 1.807) is 0 Å². The van der Waals surface area contributed by atoms with Gasteiger partial charge in [0.2, 0.25) is 0 Å². The third-order valence-corrected chi connectivity index (χ3v) is 1.92. The normalized spacial score (nSPS) is 21.9. The molecular formula is C8H10N2S. The lowest BCUT2D eigenvalue weighted by Gasteiger charge is -2.15. The van der Waals surface area contributed by atoms with Gasteiger partial charge in [-0.1, -0.05) is 43.1 Å². The second-order valence-electron chi connectivity index (χ2n) is 2.31. The molecule has 0 spiro atoms. The van der Waals surface area contributed by atoms with Gasteiger partial charge >= 0.3 is 0 Å². The molecule has 0 aromatic heterocycles. The number of nitrogens with one attached hydrogen (secondary N) is 1. The Kier molecular flexibility index (Phi) is 2.57. The molecule has 0 bridgehead atoms. The lowest BCUT2D eigenvalue weighted by Crippen LogP contribution is -2.34. The Balaban J connectivity index is 2.73. The van der Waals surface area contributed by atoms with Gasteiger partial charge in [-0.2, -0.15) is 0 Å². The van der Waals surface area contributed by atoms with Crippen LogP contribution >= 0.6 is 12.2 Å². The van der Waals surface area contributed by atoms with E-state index in [9.17, 15) is 0 Å². The van der Waals surface area contributed by atoms with E-state index in [2.05, 4.69) is 12.0 Å². The summed E-state index contributed by atoms with van der Waals surface area (Å²) in [5.74, 6) is 5.24. The van der Waals surface area contributed by atoms with E-state index in [0.29, 0.717) is 4.99 Å². The Hall–Kier alpha value is -0.930. The molecule has 11 heavy (non-hydrogen) atoms. The van der Waals surface area contributed by atoms with E-state index in [1.165, 1.54) is 0 Å². The van der Waals surface area contributed by atoms with Crippen molar-refractivity contribution in [3.63, 3.8) is 0 Å². The van der Waals surface area contributed by atoms with Crippen LogP contribution in [0.5, 0.6) is 0 Å². The van der Waals surface area contributed by atoms with Crippen LogP contribution in [0, 0.1) is 5.92 Å². The number of thiocarbonyl (C=S) groups is 1. The summed E-state index contributed by atoms with van der Waals surface area (Å²) >= 11 is 4.97. The molecule has 0 radical (unpaired) electrons. The summed E-state index contributed by atoms with van der Waals surface area (Å²) in [6.45, 7) is 3.84. The average molecular weight is 166 g/mol. The van der Waals surface area contributed by atoms with Gasteiger partial charge in [-0.25, -0.2) is 0 Å². The number of nitrogens with two attached hydrogens (primary N) is 1. The Morgan fingerprint density at radius 2 is 2.36 bits per heavy atom. The molecule has 3 heteroatoms. The minimum absolute atomic E-state index is 0.0694. The molecule has 1 aliphatic carbocycles. The standard InChI is InChI=1S/C8H10N2S/c1-6-4-2-3-5-7(6)8(11)10-9/h2-5,7H,1,9H2,(H,10,11). The summed E-state index contributed by atoms with van der Waals surface area (Å²) in [6, 6.07) is 0. The fourth-order valence-corrected chi connectivity index (χ4v) is 1.16. The highest BCUT2D eigenvalue weighted by molar-refractivity contribution is 7.80. The first kappa shape index (κ1) is 8.17. The second kappa shape index (κ2) is 3.46. The average Bonchev–Trinajstić information content (AvgIpc) is 2.04. The highest BCUT2D eigenvalue weighted by Crippen LogP contribution is 2.17. The second-order valence-corrected chi connectivity index (χ2v) is 2.75. The molecule has 58 valence electrons. The van der Waals surface area contributed by atoms with E-state index in [-0.39, 0.29) is 5.92 Å². The van der Waals surface area contributed by atoms with Crippen LogP contribution < -0.4 is 11.3 Å². The molecule has 1 atom stereocenters. The van der Waals surface area contributed by atoms with Crippen molar-refractivity contribution in [2.75, 3.05) is 0 Å². The lowest BCUT2D eigenvalue weighted by molar-refractivity contribution is 0.943. The molecule has 2 nitrogen and oxygen atoms in total. The van der Waals surface area contributed by atoms with Crippen molar-refractivity contribution in [1.29, 1.82) is 0 Å². The molecular weight excluding hydrogens is 156 g/mol. The van der Waals surface area contributed by atoms with Crippen molar-refractivity contribution in [2.45, 2.75) is 0 Å². The molecule has 0 aromatic rings. The van der Waals surface area contributed by atoms with Crippen LogP contribution in [0.2, 0.25) is 0 Å². The van der Waals surface area contributed by atoms with Crippen LogP contribution in [0.15, 0.2) is 36.5 Å². The molecule has 0 fully saturated rings. The maximum absolute atomic E-state index is 5.17. The van der Waals surface area contributed by atoms with Gasteiger partial charge in [-0.15, -0.1) is 0 Å². The van der Waals surface area contributed by atoms with Crippen molar-refractivity contribution < 1.29 is 0 Å². The highest BCUT2D eigenvalue weighted by Gasteiger charge is 2.13. The van der Waals surface area contributed by atoms with Crippen molar-refractivity contribution in [2.24, 2.45) is 11.8 Å². The fourth-order valence-electron chi connectivity index (χ4n) is 0.927. The summed E-state index contributed by atoms with van der Waals surface area (Å²) < 4.78 is 0. The quantitative estimate of drug-likeness (QED) is 0.348. The summed E-state index contributed by atoms with van der Waals surface area (Å²) in [5.41, 5.74) is 3.42. The molecule has 3 N–H and O–H groups in total. The van der Waals surface area contributed by atoms with Crippen LogP contribution in [-0.4, -0.2) is 4.99 Å². The maximum atomic E-state index is 5.17. The molecule has 0 aromatic carbocycles. The van der Waals surface area contributed by atoms with Crippen LogP contribution in [0.3, 0.4) is 0 Å². The molecule has 1 aliphatic rings. The molecule has 0 saturated heterocycles. The van der Waals surface area contributed by atoms with Crippen LogP contribution in [0.4, 0.5) is 0 Å². The van der Waals surface area contributed by atoms with E-state index in [1.807, 2.05) is 24.3 Å². The SMILES string of the molecule is C=C1C=CC=CC1C(=S)NN. The van der Waals surface area contributed by atoms with Crippen molar-refractivity contribution >= 4 is 17.2 Å². The van der Waals surface area contributed by atoms with Gasteiger partial charge in [0, 0.05) is 0 Å². The van der Waals surface area contributed by atoms with Crippen LogP contribution in [0.1, 0.15) is 0 Å². The highest BCUT2D eigenvalue weighted by atomic mass is 32.1. The van der Waals surface area contributed by atoms with Crippen LogP contribution in [0.25, 0.3) is 0 Å². The first-order chi connectivity index (χ1) is 5.25. The zero-order chi connectivity index (χ0) is 8.27. The van der Waals surface area contributed by atoms with Crippen molar-refractivity contribution in [3.05, 3.63) is 36.5 Å². The zero-order valence-corrected chi connectivity index (χ0v) is 6.90. The molecule has 0 amide bonds. The van der Waals surface area contributed by atoms with Gasteiger partial charge in [0.1, 0.15) is 4.99 Å². The zero-order valence-electron chi connectivity index (χ0n) is 6.08. The number of hydrazine groups is 1. The first-order valence-corrected chi connectivity index (χ1v) is 3.70. The third kappa shape index (κ3) is 1.76. The smallest absolute Gasteiger partial charge is 0.101 e. The van der Waals surface area contributed by atoms with Crippen molar-refractivity contribution in [1.82, 2.24) is 5.43 Å². The van der Waals surface area contributed by atoms with Gasteiger partial charge in [0.05, 0.1) is 5.92 Å². The number of hydrogen-bond donors (Lipinski definition) is 2. The van der Waals surface area contributed by atoms with E-state index in [4.69, 9.17) is 18.1 Å². The largest absolute Gasteiger partial charge is 0.317 e. The topological polar surface area (TPSA) is 38.0 Å². The van der Waals surface area contributed by atoms with Gasteiger partial charge in [-0.3, -0.25) is 5.84 Å². The summed E-state index contributed by atoms with van der Waals surface area (Å²) in [7, 11) is 0. The maximum Gasteiger partial charge on any atom is 0.101 e. The summed E-state index contributed by atoms with van der Waals surface area (Å²) in [4.78, 5) is 0.607. The summed E-state index contributed by atoms with van der Waals surface area (Å²) in [5, 5.41) is 0. The van der Waals surface area contributed by atoms with E-state index < -0.39 is 0 Å². The summed E-state index contributed by atoms with van der Waals surface area (Å²) in [6.07, 6.45) is 7.75. The first-order valence-electron chi connectivity index (χ1n) is 3.30. The van der Waals surface area contributed by atoms with E-state index >= 15 is 0 Å². The molecule has 0 heterocycles. The fraction of sp³-hybridized carbons (Fsp3) is 0.125. The molecule has 1 unspecified atom stereocenters. The monoisotopic (exact) mass is 166 g/mol. The minimum atomic E-state index is 0.0694. The number of allylic oxidation sites excluding steroid dienone is 3. The predicted molar refractivity (Wildman–Crippen MR) is 50.8 cm³/mol. The van der Waals surface area contributed by atoms with E-state index in [0.717, 1.165) is 5.57 Å². The lowest BCUT2D eigenvalue weighted by atomic mass is 9.96. The third-order valence-electron chi connectivity index (χ3n) is 1.55.